The number of aryl methyl sites for hydroxylation is 1. The van der Waals surface area contributed by atoms with Crippen LogP contribution in [0.1, 0.15) is 17.7 Å². The summed E-state index contributed by atoms with van der Waals surface area (Å²) in [6.45, 7) is 0. The molecule has 1 aliphatic carbocycles. The largest absolute Gasteiger partial charge is 0.456 e. The van der Waals surface area contributed by atoms with E-state index < -0.39 is 0 Å². The van der Waals surface area contributed by atoms with E-state index in [1.807, 2.05) is 24.3 Å². The van der Waals surface area contributed by atoms with Crippen LogP contribution in [0.5, 0.6) is 0 Å². The molecule has 0 N–H and O–H groups in total. The average Bonchev–Trinajstić information content (AvgIpc) is 3.95. The number of nitrogens with zero attached hydrogens (tertiary/aromatic N) is 2. The molecule has 0 spiro atoms. The SMILES string of the molecule is C1=Cc2c(c3c(-c4cccc5c4c4ccccc4n5-c4ccc5oc6ccccc6c5c4)cccc3n2-c2ccc3oc4ccccc4c3c2)CC1. The minimum atomic E-state index is 0.904. The summed E-state index contributed by atoms with van der Waals surface area (Å²) >= 11 is 0. The van der Waals surface area contributed by atoms with E-state index in [0.717, 1.165) is 68.1 Å². The van der Waals surface area contributed by atoms with E-state index >= 15 is 0 Å². The Labute approximate surface area is 298 Å². The molecule has 4 heterocycles. The van der Waals surface area contributed by atoms with Crippen molar-refractivity contribution in [3.63, 3.8) is 0 Å². The Morgan fingerprint density at radius 3 is 1.65 bits per heavy atom. The van der Waals surface area contributed by atoms with Crippen LogP contribution >= 0.6 is 0 Å². The molecule has 1 aliphatic rings. The van der Waals surface area contributed by atoms with Gasteiger partial charge in [-0.1, -0.05) is 84.9 Å². The van der Waals surface area contributed by atoms with Gasteiger partial charge >= 0.3 is 0 Å². The average molecular weight is 667 g/mol. The molecular formula is C48H30N2O2. The lowest BCUT2D eigenvalue weighted by atomic mass is 9.92. The van der Waals surface area contributed by atoms with Gasteiger partial charge in [0, 0.05) is 54.8 Å². The van der Waals surface area contributed by atoms with Gasteiger partial charge < -0.3 is 18.0 Å². The molecule has 0 saturated heterocycles. The molecule has 4 nitrogen and oxygen atoms in total. The van der Waals surface area contributed by atoms with Crippen LogP contribution in [0.25, 0.3) is 105 Å². The zero-order chi connectivity index (χ0) is 33.9. The topological polar surface area (TPSA) is 36.1 Å². The first kappa shape index (κ1) is 28.0. The molecule has 4 aromatic heterocycles. The maximum absolute atomic E-state index is 6.22. The highest BCUT2D eigenvalue weighted by atomic mass is 16.3. The summed E-state index contributed by atoms with van der Waals surface area (Å²) in [4.78, 5) is 0. The molecule has 0 unspecified atom stereocenters. The Kier molecular flexibility index (Phi) is 5.58. The van der Waals surface area contributed by atoms with Gasteiger partial charge in [0.25, 0.3) is 0 Å². The third kappa shape index (κ3) is 3.76. The summed E-state index contributed by atoms with van der Waals surface area (Å²) in [5, 5.41) is 8.38. The number of benzene rings is 7. The maximum atomic E-state index is 6.22. The van der Waals surface area contributed by atoms with Gasteiger partial charge in [-0.15, -0.1) is 0 Å². The van der Waals surface area contributed by atoms with Gasteiger partial charge in [0.15, 0.2) is 0 Å². The molecule has 244 valence electrons. The Morgan fingerprint density at radius 1 is 0.423 bits per heavy atom. The van der Waals surface area contributed by atoms with E-state index in [1.165, 1.54) is 55.1 Å². The molecule has 12 rings (SSSR count). The highest BCUT2D eigenvalue weighted by Gasteiger charge is 2.24. The van der Waals surface area contributed by atoms with Crippen molar-refractivity contribution < 1.29 is 8.83 Å². The molecule has 0 aliphatic heterocycles. The molecule has 7 aromatic carbocycles. The van der Waals surface area contributed by atoms with Crippen molar-refractivity contribution in [2.75, 3.05) is 0 Å². The number of allylic oxidation sites excluding steroid dienone is 1. The van der Waals surface area contributed by atoms with E-state index in [1.54, 1.807) is 0 Å². The summed E-state index contributed by atoms with van der Waals surface area (Å²) in [7, 11) is 0. The summed E-state index contributed by atoms with van der Waals surface area (Å²) in [5.41, 5.74) is 14.7. The molecular weight excluding hydrogens is 637 g/mol. The van der Waals surface area contributed by atoms with Crippen LogP contribution in [0.4, 0.5) is 0 Å². The van der Waals surface area contributed by atoms with Gasteiger partial charge in [0.05, 0.1) is 16.6 Å². The fraction of sp³-hybridized carbons (Fsp3) is 0.0417. The van der Waals surface area contributed by atoms with Crippen molar-refractivity contribution in [2.45, 2.75) is 12.8 Å². The van der Waals surface area contributed by atoms with Gasteiger partial charge in [-0.25, -0.2) is 0 Å². The maximum Gasteiger partial charge on any atom is 0.135 e. The molecule has 0 fully saturated rings. The van der Waals surface area contributed by atoms with Gasteiger partial charge in [0.2, 0.25) is 0 Å². The number of hydrogen-bond acceptors (Lipinski definition) is 2. The highest BCUT2D eigenvalue weighted by Crippen LogP contribution is 2.45. The first-order valence-corrected chi connectivity index (χ1v) is 18.0. The second-order valence-electron chi connectivity index (χ2n) is 13.9. The number of hydrogen-bond donors (Lipinski definition) is 0. The molecule has 4 heteroatoms. The number of aromatic nitrogens is 2. The predicted molar refractivity (Wildman–Crippen MR) is 215 cm³/mol. The van der Waals surface area contributed by atoms with Crippen LogP contribution in [0.3, 0.4) is 0 Å². The number of fused-ring (bicyclic) bond motifs is 12. The van der Waals surface area contributed by atoms with Crippen LogP contribution in [0.2, 0.25) is 0 Å². The first-order valence-electron chi connectivity index (χ1n) is 18.0. The van der Waals surface area contributed by atoms with Crippen molar-refractivity contribution in [3.05, 3.63) is 163 Å². The number of para-hydroxylation sites is 3. The second kappa shape index (κ2) is 10.4. The lowest BCUT2D eigenvalue weighted by Gasteiger charge is -2.12. The minimum absolute atomic E-state index is 0.904. The summed E-state index contributed by atoms with van der Waals surface area (Å²) in [5.74, 6) is 0. The Morgan fingerprint density at radius 2 is 0.962 bits per heavy atom. The summed E-state index contributed by atoms with van der Waals surface area (Å²) in [6.07, 6.45) is 6.67. The fourth-order valence-corrected chi connectivity index (χ4v) is 9.02. The zero-order valence-corrected chi connectivity index (χ0v) is 28.1. The van der Waals surface area contributed by atoms with Crippen molar-refractivity contribution in [3.8, 4) is 22.5 Å². The first-order chi connectivity index (χ1) is 25.8. The monoisotopic (exact) mass is 666 g/mol. The normalized spacial score (nSPS) is 13.2. The summed E-state index contributed by atoms with van der Waals surface area (Å²) < 4.78 is 17.3. The number of furan rings is 2. The molecule has 0 saturated carbocycles. The quantitative estimate of drug-likeness (QED) is 0.188. The number of rotatable bonds is 3. The smallest absolute Gasteiger partial charge is 0.135 e. The van der Waals surface area contributed by atoms with E-state index in [0.29, 0.717) is 0 Å². The van der Waals surface area contributed by atoms with Gasteiger partial charge in [-0.3, -0.25) is 0 Å². The van der Waals surface area contributed by atoms with E-state index in [4.69, 9.17) is 8.83 Å². The van der Waals surface area contributed by atoms with Crippen molar-refractivity contribution in [1.82, 2.24) is 9.13 Å². The molecule has 11 aromatic rings. The Hall–Kier alpha value is -6.78. The Balaban J connectivity index is 1.13. The van der Waals surface area contributed by atoms with E-state index in [2.05, 4.69) is 143 Å². The van der Waals surface area contributed by atoms with E-state index in [9.17, 15) is 0 Å². The molecule has 52 heavy (non-hydrogen) atoms. The van der Waals surface area contributed by atoms with Crippen molar-refractivity contribution >= 4 is 82.7 Å². The van der Waals surface area contributed by atoms with Crippen LogP contribution in [0.15, 0.2) is 161 Å². The van der Waals surface area contributed by atoms with Crippen LogP contribution in [0, 0.1) is 0 Å². The van der Waals surface area contributed by atoms with Gasteiger partial charge in [-0.05, 0) is 102 Å². The predicted octanol–water partition coefficient (Wildman–Crippen LogP) is 13.2. The molecule has 0 radical (unpaired) electrons. The van der Waals surface area contributed by atoms with Gasteiger partial charge in [-0.2, -0.15) is 0 Å². The van der Waals surface area contributed by atoms with Crippen LogP contribution < -0.4 is 0 Å². The van der Waals surface area contributed by atoms with Gasteiger partial charge in [0.1, 0.15) is 22.3 Å². The lowest BCUT2D eigenvalue weighted by molar-refractivity contribution is 0.668. The third-order valence-corrected chi connectivity index (χ3v) is 11.2. The standard InChI is InChI=1S/C48H30N2O2/c1-5-17-39-35(13-1)47-33(15-9-19-41(47)49(39)29-23-25-45-37(27-29)31-11-3-7-21-43(31)51-45)34-16-10-20-42-48(34)36-14-2-6-18-40(36)50(42)30-24-26-46-38(28-30)32-12-4-8-22-44(32)52-46/h1,3-13,15-28H,2,14H2. The lowest BCUT2D eigenvalue weighted by Crippen LogP contribution is -2.00. The van der Waals surface area contributed by atoms with Crippen LogP contribution in [-0.2, 0) is 6.42 Å². The molecule has 0 atom stereocenters. The molecule has 0 bridgehead atoms. The second-order valence-corrected chi connectivity index (χ2v) is 13.9. The zero-order valence-electron chi connectivity index (χ0n) is 28.1. The summed E-state index contributed by atoms with van der Waals surface area (Å²) in [6, 6.07) is 52.3. The Bertz CT molecular complexity index is 3310. The highest BCUT2D eigenvalue weighted by molar-refractivity contribution is 6.19. The van der Waals surface area contributed by atoms with Crippen LogP contribution in [-0.4, -0.2) is 9.13 Å². The molecule has 0 amide bonds. The fourth-order valence-electron chi connectivity index (χ4n) is 9.02. The van der Waals surface area contributed by atoms with Crippen molar-refractivity contribution in [1.29, 1.82) is 0 Å². The third-order valence-electron chi connectivity index (χ3n) is 11.2. The van der Waals surface area contributed by atoms with Crippen molar-refractivity contribution in [2.24, 2.45) is 0 Å². The van der Waals surface area contributed by atoms with E-state index in [-0.39, 0.29) is 0 Å². The minimum Gasteiger partial charge on any atom is -0.456 e.